The van der Waals surface area contributed by atoms with Crippen LogP contribution in [0, 0.1) is 6.92 Å². The number of benzene rings is 1. The van der Waals surface area contributed by atoms with Gasteiger partial charge in [0.1, 0.15) is 11.6 Å². The van der Waals surface area contributed by atoms with E-state index in [9.17, 15) is 19.2 Å². The molecular formula is C16H14N2O5. The van der Waals surface area contributed by atoms with Crippen LogP contribution in [0.5, 0.6) is 0 Å². The highest BCUT2D eigenvalue weighted by molar-refractivity contribution is 6.03. The Labute approximate surface area is 130 Å². The maximum atomic E-state index is 12.2. The molecule has 3 amide bonds. The molecule has 0 bridgehead atoms. The number of hydrogen-bond acceptors (Lipinski definition) is 5. The topological polar surface area (TPSA) is 96.7 Å². The lowest BCUT2D eigenvalue weighted by Gasteiger charge is -2.17. The molecule has 2 heterocycles. The van der Waals surface area contributed by atoms with Crippen LogP contribution in [0.2, 0.25) is 0 Å². The van der Waals surface area contributed by atoms with Crippen molar-refractivity contribution in [2.45, 2.75) is 25.8 Å². The van der Waals surface area contributed by atoms with E-state index in [0.29, 0.717) is 24.1 Å². The standard InChI is InChI=1S/C16H14N2O5/c1-9-6-15(21)23-13-7-10(2-3-11(9)13)17-16(22)12-4-5-14(20)18(12)8-19/h2-3,6-8,12H,4-5H2,1H3,(H,17,22)/t12-/m1/s1. The monoisotopic (exact) mass is 314 g/mol. The zero-order chi connectivity index (χ0) is 16.6. The van der Waals surface area contributed by atoms with Crippen molar-refractivity contribution in [3.05, 3.63) is 40.2 Å². The first-order valence-electron chi connectivity index (χ1n) is 7.11. The van der Waals surface area contributed by atoms with Gasteiger partial charge in [-0.05, 0) is 31.0 Å². The van der Waals surface area contributed by atoms with Crippen molar-refractivity contribution in [2.75, 3.05) is 5.32 Å². The lowest BCUT2D eigenvalue weighted by molar-refractivity contribution is -0.140. The zero-order valence-corrected chi connectivity index (χ0v) is 12.4. The first-order valence-corrected chi connectivity index (χ1v) is 7.11. The minimum Gasteiger partial charge on any atom is -0.423 e. The fraction of sp³-hybridized carbons (Fsp3) is 0.250. The molecule has 0 spiro atoms. The lowest BCUT2D eigenvalue weighted by Crippen LogP contribution is -2.40. The van der Waals surface area contributed by atoms with Crippen LogP contribution in [0.4, 0.5) is 5.69 Å². The Morgan fingerprint density at radius 1 is 1.35 bits per heavy atom. The minimum atomic E-state index is -0.805. The molecule has 0 radical (unpaired) electrons. The van der Waals surface area contributed by atoms with Crippen LogP contribution in [0.1, 0.15) is 18.4 Å². The van der Waals surface area contributed by atoms with Crippen LogP contribution in [-0.2, 0) is 14.4 Å². The maximum absolute atomic E-state index is 12.2. The summed E-state index contributed by atoms with van der Waals surface area (Å²) in [5.41, 5.74) is 1.11. The van der Waals surface area contributed by atoms with Gasteiger partial charge >= 0.3 is 5.63 Å². The third-order valence-electron chi connectivity index (χ3n) is 3.89. The van der Waals surface area contributed by atoms with Gasteiger partial charge in [0.05, 0.1) is 0 Å². The van der Waals surface area contributed by atoms with E-state index in [4.69, 9.17) is 4.42 Å². The van der Waals surface area contributed by atoms with Gasteiger partial charge in [-0.3, -0.25) is 19.3 Å². The third kappa shape index (κ3) is 2.73. The van der Waals surface area contributed by atoms with Gasteiger partial charge in [-0.1, -0.05) is 0 Å². The number of imide groups is 1. The first-order chi connectivity index (χ1) is 11.0. The fourth-order valence-electron chi connectivity index (χ4n) is 2.72. The van der Waals surface area contributed by atoms with Gasteiger partial charge in [0.2, 0.25) is 18.2 Å². The highest BCUT2D eigenvalue weighted by Gasteiger charge is 2.35. The third-order valence-corrected chi connectivity index (χ3v) is 3.89. The van der Waals surface area contributed by atoms with E-state index < -0.39 is 17.6 Å². The van der Waals surface area contributed by atoms with Crippen molar-refractivity contribution in [1.29, 1.82) is 0 Å². The van der Waals surface area contributed by atoms with Crippen molar-refractivity contribution < 1.29 is 18.8 Å². The van der Waals surface area contributed by atoms with Crippen LogP contribution in [0.15, 0.2) is 33.5 Å². The number of aryl methyl sites for hydroxylation is 1. The summed E-state index contributed by atoms with van der Waals surface area (Å²) in [6, 6.07) is 5.55. The SMILES string of the molecule is Cc1cc(=O)oc2cc(NC(=O)[C@H]3CCC(=O)N3C=O)ccc12. The molecule has 1 N–H and O–H groups in total. The number of nitrogens with zero attached hydrogens (tertiary/aromatic N) is 1. The van der Waals surface area contributed by atoms with E-state index in [1.54, 1.807) is 25.1 Å². The number of anilines is 1. The summed E-state index contributed by atoms with van der Waals surface area (Å²) in [5, 5.41) is 3.42. The predicted octanol–water partition coefficient (Wildman–Crippen LogP) is 1.19. The molecule has 7 nitrogen and oxygen atoms in total. The van der Waals surface area contributed by atoms with E-state index in [-0.39, 0.29) is 12.3 Å². The number of carbonyl (C=O) groups is 3. The average Bonchev–Trinajstić information content (AvgIpc) is 2.87. The van der Waals surface area contributed by atoms with Crippen molar-refractivity contribution in [3.63, 3.8) is 0 Å². The molecule has 1 atom stereocenters. The number of amides is 3. The van der Waals surface area contributed by atoms with Crippen LogP contribution in [-0.4, -0.2) is 29.2 Å². The summed E-state index contributed by atoms with van der Waals surface area (Å²) in [5.74, 6) is -0.808. The van der Waals surface area contributed by atoms with E-state index in [1.807, 2.05) is 0 Å². The Morgan fingerprint density at radius 2 is 2.13 bits per heavy atom. The van der Waals surface area contributed by atoms with Crippen molar-refractivity contribution in [2.24, 2.45) is 0 Å². The molecule has 1 aliphatic heterocycles. The van der Waals surface area contributed by atoms with Crippen LogP contribution < -0.4 is 10.9 Å². The number of likely N-dealkylation sites (tertiary alicyclic amines) is 1. The molecule has 1 aromatic heterocycles. The van der Waals surface area contributed by atoms with E-state index in [2.05, 4.69) is 5.32 Å². The van der Waals surface area contributed by atoms with Gasteiger partial charge in [-0.25, -0.2) is 4.79 Å². The zero-order valence-electron chi connectivity index (χ0n) is 12.4. The quantitative estimate of drug-likeness (QED) is 0.678. The number of hydrogen-bond donors (Lipinski definition) is 1. The average molecular weight is 314 g/mol. The first kappa shape index (κ1) is 15.0. The molecule has 0 aliphatic carbocycles. The second-order valence-corrected chi connectivity index (χ2v) is 5.41. The predicted molar refractivity (Wildman–Crippen MR) is 81.8 cm³/mol. The number of fused-ring (bicyclic) bond motifs is 1. The lowest BCUT2D eigenvalue weighted by atomic mass is 10.1. The van der Waals surface area contributed by atoms with E-state index in [1.165, 1.54) is 6.07 Å². The normalized spacial score (nSPS) is 17.5. The van der Waals surface area contributed by atoms with Gasteiger partial charge in [0, 0.05) is 29.6 Å². The van der Waals surface area contributed by atoms with Gasteiger partial charge < -0.3 is 9.73 Å². The summed E-state index contributed by atoms with van der Waals surface area (Å²) in [7, 11) is 0. The molecule has 7 heteroatoms. The van der Waals surface area contributed by atoms with E-state index in [0.717, 1.165) is 15.8 Å². The maximum Gasteiger partial charge on any atom is 0.336 e. The highest BCUT2D eigenvalue weighted by atomic mass is 16.4. The van der Waals surface area contributed by atoms with Gasteiger partial charge in [-0.15, -0.1) is 0 Å². The number of rotatable bonds is 3. The Hall–Kier alpha value is -2.96. The molecule has 118 valence electrons. The summed E-state index contributed by atoms with van der Waals surface area (Å²) in [6.07, 6.45) is 0.843. The van der Waals surface area contributed by atoms with Crippen LogP contribution in [0.3, 0.4) is 0 Å². The summed E-state index contributed by atoms with van der Waals surface area (Å²) < 4.78 is 5.12. The van der Waals surface area contributed by atoms with E-state index >= 15 is 0 Å². The Kier molecular flexibility index (Phi) is 3.69. The largest absolute Gasteiger partial charge is 0.423 e. The fourth-order valence-corrected chi connectivity index (χ4v) is 2.72. The molecule has 1 saturated heterocycles. The molecule has 0 saturated carbocycles. The summed E-state index contributed by atoms with van der Waals surface area (Å²) in [4.78, 5) is 47.0. The highest BCUT2D eigenvalue weighted by Crippen LogP contribution is 2.23. The van der Waals surface area contributed by atoms with Crippen LogP contribution >= 0.6 is 0 Å². The van der Waals surface area contributed by atoms with Crippen molar-refractivity contribution in [1.82, 2.24) is 4.90 Å². The van der Waals surface area contributed by atoms with Crippen LogP contribution in [0.25, 0.3) is 11.0 Å². The second kappa shape index (κ2) is 5.68. The second-order valence-electron chi connectivity index (χ2n) is 5.41. The smallest absolute Gasteiger partial charge is 0.336 e. The van der Waals surface area contributed by atoms with Crippen molar-refractivity contribution in [3.8, 4) is 0 Å². The van der Waals surface area contributed by atoms with Gasteiger partial charge in [0.25, 0.3) is 0 Å². The molecule has 3 rings (SSSR count). The number of carbonyl (C=O) groups excluding carboxylic acids is 3. The number of nitrogens with one attached hydrogen (secondary N) is 1. The molecule has 0 unspecified atom stereocenters. The molecular weight excluding hydrogens is 300 g/mol. The summed E-state index contributed by atoms with van der Waals surface area (Å²) in [6.45, 7) is 1.80. The molecule has 2 aromatic rings. The minimum absolute atomic E-state index is 0.169. The Balaban J connectivity index is 1.87. The molecule has 1 aliphatic rings. The van der Waals surface area contributed by atoms with Crippen molar-refractivity contribution >= 4 is 34.9 Å². The Morgan fingerprint density at radius 3 is 2.87 bits per heavy atom. The Bertz CT molecular complexity index is 870. The van der Waals surface area contributed by atoms with Gasteiger partial charge in [-0.2, -0.15) is 0 Å². The summed E-state index contributed by atoms with van der Waals surface area (Å²) >= 11 is 0. The molecule has 1 aromatic carbocycles. The van der Waals surface area contributed by atoms with Gasteiger partial charge in [0.15, 0.2) is 0 Å². The molecule has 23 heavy (non-hydrogen) atoms. The molecule has 1 fully saturated rings.